The van der Waals surface area contributed by atoms with Crippen molar-refractivity contribution in [2.75, 3.05) is 12.4 Å². The summed E-state index contributed by atoms with van der Waals surface area (Å²) in [5.41, 5.74) is 0.773. The van der Waals surface area contributed by atoms with E-state index < -0.39 is 0 Å². The zero-order valence-electron chi connectivity index (χ0n) is 6.66. The van der Waals surface area contributed by atoms with E-state index in [4.69, 9.17) is 17.3 Å². The molecule has 0 aliphatic heterocycles. The molecule has 64 valence electrons. The van der Waals surface area contributed by atoms with Crippen LogP contribution in [0.15, 0.2) is 24.3 Å². The van der Waals surface area contributed by atoms with Crippen LogP contribution >= 0.6 is 12.2 Å². The molecule has 1 aromatic carbocycles. The van der Waals surface area contributed by atoms with Crippen LogP contribution in [0.25, 0.3) is 0 Å². The van der Waals surface area contributed by atoms with Gasteiger partial charge in [0.25, 0.3) is 0 Å². The number of hydrogen-bond donors (Lipinski definition) is 3. The van der Waals surface area contributed by atoms with E-state index in [-0.39, 0.29) is 5.75 Å². The molecule has 0 aliphatic carbocycles. The summed E-state index contributed by atoms with van der Waals surface area (Å²) in [7, 11) is 1.73. The summed E-state index contributed by atoms with van der Waals surface area (Å²) in [6.07, 6.45) is 0. The molecule has 0 aromatic heterocycles. The fourth-order valence-corrected chi connectivity index (χ4v) is 0.895. The molecule has 12 heavy (non-hydrogen) atoms. The molecule has 0 fully saturated rings. The van der Waals surface area contributed by atoms with Gasteiger partial charge in [-0.2, -0.15) is 0 Å². The zero-order chi connectivity index (χ0) is 8.97. The molecule has 0 bridgehead atoms. The largest absolute Gasteiger partial charge is 0.508 e. The van der Waals surface area contributed by atoms with Crippen molar-refractivity contribution in [2.45, 2.75) is 0 Å². The molecule has 0 saturated carbocycles. The second kappa shape index (κ2) is 3.92. The second-order valence-corrected chi connectivity index (χ2v) is 2.66. The van der Waals surface area contributed by atoms with Gasteiger partial charge in [-0.15, -0.1) is 0 Å². The lowest BCUT2D eigenvalue weighted by Crippen LogP contribution is -2.23. The standard InChI is InChI=1S/C8H10N2OS/c1-9-8(12)10-6-3-2-4-7(11)5-6/h2-5,11H,1H3,(H2,9,10,12). The van der Waals surface area contributed by atoms with Crippen molar-refractivity contribution in [1.29, 1.82) is 0 Å². The van der Waals surface area contributed by atoms with E-state index in [2.05, 4.69) is 10.6 Å². The van der Waals surface area contributed by atoms with Crippen molar-refractivity contribution in [1.82, 2.24) is 5.32 Å². The molecule has 0 saturated heterocycles. The molecule has 0 radical (unpaired) electrons. The lowest BCUT2D eigenvalue weighted by atomic mass is 10.3. The Morgan fingerprint density at radius 2 is 2.25 bits per heavy atom. The minimum Gasteiger partial charge on any atom is -0.508 e. The van der Waals surface area contributed by atoms with Gasteiger partial charge >= 0.3 is 0 Å². The topological polar surface area (TPSA) is 44.3 Å². The van der Waals surface area contributed by atoms with Gasteiger partial charge in [0, 0.05) is 18.8 Å². The maximum Gasteiger partial charge on any atom is 0.170 e. The van der Waals surface area contributed by atoms with Crippen LogP contribution in [-0.2, 0) is 0 Å². The summed E-state index contributed by atoms with van der Waals surface area (Å²) in [6.45, 7) is 0. The van der Waals surface area contributed by atoms with Crippen LogP contribution < -0.4 is 10.6 Å². The molecular formula is C8H10N2OS. The van der Waals surface area contributed by atoms with Crippen molar-refractivity contribution in [2.24, 2.45) is 0 Å². The van der Waals surface area contributed by atoms with Crippen LogP contribution in [0, 0.1) is 0 Å². The maximum atomic E-state index is 9.09. The van der Waals surface area contributed by atoms with Gasteiger partial charge in [-0.25, -0.2) is 0 Å². The fraction of sp³-hybridized carbons (Fsp3) is 0.125. The summed E-state index contributed by atoms with van der Waals surface area (Å²) in [5, 5.41) is 15.3. The highest BCUT2D eigenvalue weighted by Gasteiger charge is 1.94. The second-order valence-electron chi connectivity index (χ2n) is 2.25. The molecular weight excluding hydrogens is 172 g/mol. The summed E-state index contributed by atoms with van der Waals surface area (Å²) >= 11 is 4.88. The van der Waals surface area contributed by atoms with Gasteiger partial charge in [0.05, 0.1) is 0 Å². The molecule has 0 unspecified atom stereocenters. The van der Waals surface area contributed by atoms with Gasteiger partial charge in [0.2, 0.25) is 0 Å². The molecule has 3 nitrogen and oxygen atoms in total. The number of thiocarbonyl (C=S) groups is 1. The highest BCUT2D eigenvalue weighted by molar-refractivity contribution is 7.80. The normalized spacial score (nSPS) is 9.08. The molecule has 0 heterocycles. The first-order valence-electron chi connectivity index (χ1n) is 3.50. The predicted molar refractivity (Wildman–Crippen MR) is 53.4 cm³/mol. The highest BCUT2D eigenvalue weighted by Crippen LogP contribution is 2.14. The Labute approximate surface area is 76.4 Å². The minimum absolute atomic E-state index is 0.221. The van der Waals surface area contributed by atoms with E-state index in [9.17, 15) is 0 Å². The third-order valence-electron chi connectivity index (χ3n) is 1.33. The number of phenolic OH excluding ortho intramolecular Hbond substituents is 1. The summed E-state index contributed by atoms with van der Waals surface area (Å²) < 4.78 is 0. The van der Waals surface area contributed by atoms with Crippen LogP contribution in [-0.4, -0.2) is 17.3 Å². The Balaban J connectivity index is 2.69. The minimum atomic E-state index is 0.221. The van der Waals surface area contributed by atoms with Crippen molar-refractivity contribution in [3.8, 4) is 5.75 Å². The molecule has 0 aliphatic rings. The van der Waals surface area contributed by atoms with Crippen LogP contribution in [0.4, 0.5) is 5.69 Å². The number of rotatable bonds is 1. The maximum absolute atomic E-state index is 9.09. The van der Waals surface area contributed by atoms with E-state index in [0.29, 0.717) is 5.11 Å². The Bertz CT molecular complexity index is 288. The Morgan fingerprint density at radius 1 is 1.50 bits per heavy atom. The van der Waals surface area contributed by atoms with Crippen LogP contribution in [0.2, 0.25) is 0 Å². The number of hydrogen-bond acceptors (Lipinski definition) is 2. The monoisotopic (exact) mass is 182 g/mol. The number of benzene rings is 1. The van der Waals surface area contributed by atoms with E-state index in [1.54, 1.807) is 25.2 Å². The zero-order valence-corrected chi connectivity index (χ0v) is 7.48. The van der Waals surface area contributed by atoms with E-state index >= 15 is 0 Å². The van der Waals surface area contributed by atoms with Gasteiger partial charge in [-0.1, -0.05) is 6.07 Å². The predicted octanol–water partition coefficient (Wildman–Crippen LogP) is 1.31. The summed E-state index contributed by atoms with van der Waals surface area (Å²) in [6, 6.07) is 6.77. The van der Waals surface area contributed by atoms with Gasteiger partial charge in [0.1, 0.15) is 5.75 Å². The van der Waals surface area contributed by atoms with E-state index in [0.717, 1.165) is 5.69 Å². The van der Waals surface area contributed by atoms with Gasteiger partial charge in [-0.3, -0.25) is 0 Å². The molecule has 0 atom stereocenters. The quantitative estimate of drug-likeness (QED) is 0.573. The number of anilines is 1. The summed E-state index contributed by atoms with van der Waals surface area (Å²) in [4.78, 5) is 0. The molecule has 0 spiro atoms. The third-order valence-corrected chi connectivity index (χ3v) is 1.64. The van der Waals surface area contributed by atoms with Crippen LogP contribution in [0.5, 0.6) is 5.75 Å². The Hall–Kier alpha value is -1.29. The number of phenols is 1. The van der Waals surface area contributed by atoms with Gasteiger partial charge < -0.3 is 15.7 Å². The van der Waals surface area contributed by atoms with Gasteiger partial charge in [-0.05, 0) is 24.4 Å². The first-order chi connectivity index (χ1) is 5.72. The van der Waals surface area contributed by atoms with Crippen LogP contribution in [0.1, 0.15) is 0 Å². The molecule has 0 amide bonds. The molecule has 4 heteroatoms. The molecule has 1 aromatic rings. The van der Waals surface area contributed by atoms with E-state index in [1.165, 1.54) is 0 Å². The highest BCUT2D eigenvalue weighted by atomic mass is 32.1. The average Bonchev–Trinajstić information content (AvgIpc) is 2.04. The molecule has 1 rings (SSSR count). The lowest BCUT2D eigenvalue weighted by Gasteiger charge is -2.06. The van der Waals surface area contributed by atoms with Gasteiger partial charge in [0.15, 0.2) is 5.11 Å². The van der Waals surface area contributed by atoms with Crippen molar-refractivity contribution < 1.29 is 5.11 Å². The van der Waals surface area contributed by atoms with Crippen molar-refractivity contribution >= 4 is 23.0 Å². The van der Waals surface area contributed by atoms with Crippen molar-refractivity contribution in [3.05, 3.63) is 24.3 Å². The lowest BCUT2D eigenvalue weighted by molar-refractivity contribution is 0.475. The SMILES string of the molecule is CNC(=S)Nc1cccc(O)c1. The average molecular weight is 182 g/mol. The fourth-order valence-electron chi connectivity index (χ4n) is 0.777. The summed E-state index contributed by atoms with van der Waals surface area (Å²) in [5.74, 6) is 0.221. The van der Waals surface area contributed by atoms with Crippen molar-refractivity contribution in [3.63, 3.8) is 0 Å². The number of aromatic hydroxyl groups is 1. The Kier molecular flexibility index (Phi) is 2.88. The first-order valence-corrected chi connectivity index (χ1v) is 3.91. The van der Waals surface area contributed by atoms with E-state index in [1.807, 2.05) is 6.07 Å². The third kappa shape index (κ3) is 2.39. The smallest absolute Gasteiger partial charge is 0.170 e. The van der Waals surface area contributed by atoms with Crippen LogP contribution in [0.3, 0.4) is 0 Å². The Morgan fingerprint density at radius 3 is 2.83 bits per heavy atom. The number of nitrogens with one attached hydrogen (secondary N) is 2. The first kappa shape index (κ1) is 8.80. The molecule has 3 N–H and O–H groups in total.